The van der Waals surface area contributed by atoms with Gasteiger partial charge in [-0.15, -0.1) is 0 Å². The highest BCUT2D eigenvalue weighted by molar-refractivity contribution is 6.12. The van der Waals surface area contributed by atoms with Crippen LogP contribution in [-0.4, -0.2) is 19.0 Å². The van der Waals surface area contributed by atoms with Crippen molar-refractivity contribution in [1.82, 2.24) is 0 Å². The van der Waals surface area contributed by atoms with Crippen LogP contribution in [0.5, 0.6) is 0 Å². The third-order valence-corrected chi connectivity index (χ3v) is 7.24. The molecule has 0 fully saturated rings. The molecule has 6 heteroatoms. The molecule has 1 aliphatic carbocycles. The van der Waals surface area contributed by atoms with E-state index in [9.17, 15) is 20.1 Å². The number of allylic oxidation sites excluding steroid dienone is 2. The molecule has 1 aliphatic heterocycles. The van der Waals surface area contributed by atoms with Crippen molar-refractivity contribution < 1.29 is 14.3 Å². The molecule has 2 atom stereocenters. The quantitative estimate of drug-likeness (QED) is 0.477. The molecule has 0 bridgehead atoms. The van der Waals surface area contributed by atoms with Crippen molar-refractivity contribution in [1.29, 1.82) is 10.5 Å². The lowest BCUT2D eigenvalue weighted by molar-refractivity contribution is -0.136. The maximum absolute atomic E-state index is 14.6. The molecule has 180 valence electrons. The lowest BCUT2D eigenvalue weighted by atomic mass is 9.59. The zero-order valence-electron chi connectivity index (χ0n) is 20.2. The Labute approximate surface area is 215 Å². The third-order valence-electron chi connectivity index (χ3n) is 7.24. The molecule has 0 aromatic heterocycles. The van der Waals surface area contributed by atoms with E-state index in [1.54, 1.807) is 23.1 Å². The summed E-state index contributed by atoms with van der Waals surface area (Å²) >= 11 is 0. The number of fused-ring (bicyclic) bond motifs is 2. The number of esters is 1. The summed E-state index contributed by atoms with van der Waals surface area (Å²) in [6.07, 6.45) is 4.89. The number of benzene rings is 3. The second-order valence-corrected chi connectivity index (χ2v) is 9.07. The summed E-state index contributed by atoms with van der Waals surface area (Å²) in [5.74, 6) is -1.99. The normalized spacial score (nSPS) is 21.4. The fraction of sp³-hybridized carbons (Fsp3) is 0.161. The number of carbonyl (C=O) groups excluding carboxylic acids is 2. The number of amides is 1. The van der Waals surface area contributed by atoms with Gasteiger partial charge in [0.05, 0.1) is 25.8 Å². The summed E-state index contributed by atoms with van der Waals surface area (Å²) in [6, 6.07) is 30.4. The summed E-state index contributed by atoms with van der Waals surface area (Å²) in [5.41, 5.74) is -0.577. The molecular weight excluding hydrogens is 462 g/mol. The first kappa shape index (κ1) is 23.8. The molecule has 1 heterocycles. The van der Waals surface area contributed by atoms with E-state index in [1.165, 1.54) is 13.2 Å². The van der Waals surface area contributed by atoms with Gasteiger partial charge in [0.2, 0.25) is 5.91 Å². The van der Waals surface area contributed by atoms with Crippen molar-refractivity contribution in [2.24, 2.45) is 11.3 Å². The zero-order chi connectivity index (χ0) is 26.0. The molecule has 6 nitrogen and oxygen atoms in total. The highest BCUT2D eigenvalue weighted by Crippen LogP contribution is 2.62. The first-order chi connectivity index (χ1) is 18.0. The van der Waals surface area contributed by atoms with Crippen molar-refractivity contribution in [3.8, 4) is 12.1 Å². The summed E-state index contributed by atoms with van der Waals surface area (Å²) < 4.78 is 5.06. The summed E-state index contributed by atoms with van der Waals surface area (Å²) in [4.78, 5) is 29.2. The summed E-state index contributed by atoms with van der Waals surface area (Å²) in [6.45, 7) is 0.258. The molecule has 0 saturated carbocycles. The van der Waals surface area contributed by atoms with E-state index >= 15 is 0 Å². The van der Waals surface area contributed by atoms with Gasteiger partial charge in [-0.3, -0.25) is 4.79 Å². The fourth-order valence-electron chi connectivity index (χ4n) is 5.59. The van der Waals surface area contributed by atoms with E-state index in [2.05, 4.69) is 12.1 Å². The molecule has 3 aromatic rings. The standard InChI is InChI=1S/C31H23N3O3/c1-37-28(35)24-18-30(20-32,21-33)31(25(24)17-16-22-10-4-2-5-11-22)26-14-8-9-15-27(26)34(29(31)36)19-23-12-6-3-7-13-23/h2-18,25H,19H2,1H3/b17-16+/t25-,31-/m1/s1. The molecule has 0 unspecified atom stereocenters. The fourth-order valence-corrected chi connectivity index (χ4v) is 5.59. The Hall–Kier alpha value is -4.94. The maximum atomic E-state index is 14.6. The lowest BCUT2D eigenvalue weighted by Gasteiger charge is -2.36. The zero-order valence-corrected chi connectivity index (χ0v) is 20.2. The number of ether oxygens (including phenoxy) is 1. The van der Waals surface area contributed by atoms with Gasteiger partial charge >= 0.3 is 5.97 Å². The number of hydrogen-bond acceptors (Lipinski definition) is 5. The predicted molar refractivity (Wildman–Crippen MR) is 138 cm³/mol. The van der Waals surface area contributed by atoms with Crippen LogP contribution in [-0.2, 0) is 26.3 Å². The number of para-hydroxylation sites is 1. The van der Waals surface area contributed by atoms with Crippen LogP contribution >= 0.6 is 0 Å². The molecule has 0 saturated heterocycles. The van der Waals surface area contributed by atoms with Gasteiger partial charge in [0.15, 0.2) is 5.41 Å². The number of methoxy groups -OCH3 is 1. The number of hydrogen-bond donors (Lipinski definition) is 0. The van der Waals surface area contributed by atoms with E-state index in [0.29, 0.717) is 11.3 Å². The minimum Gasteiger partial charge on any atom is -0.466 e. The van der Waals surface area contributed by atoms with Crippen LogP contribution in [0.15, 0.2) is 103 Å². The number of nitrogens with zero attached hydrogens (tertiary/aromatic N) is 3. The second kappa shape index (κ2) is 9.26. The largest absolute Gasteiger partial charge is 0.466 e. The van der Waals surface area contributed by atoms with E-state index in [-0.39, 0.29) is 12.1 Å². The molecule has 1 spiro atoms. The van der Waals surface area contributed by atoms with E-state index in [4.69, 9.17) is 4.74 Å². The van der Waals surface area contributed by atoms with Crippen LogP contribution in [0.3, 0.4) is 0 Å². The second-order valence-electron chi connectivity index (χ2n) is 9.07. The average molecular weight is 486 g/mol. The maximum Gasteiger partial charge on any atom is 0.334 e. The number of carbonyl (C=O) groups is 2. The average Bonchev–Trinajstić information content (AvgIpc) is 3.39. The minimum atomic E-state index is -1.93. The number of rotatable bonds is 5. The first-order valence-electron chi connectivity index (χ1n) is 11.8. The Kier molecular flexibility index (Phi) is 5.95. The van der Waals surface area contributed by atoms with Crippen LogP contribution in [0, 0.1) is 34.0 Å². The molecule has 2 aliphatic rings. The van der Waals surface area contributed by atoms with Crippen LogP contribution in [0.1, 0.15) is 16.7 Å². The molecule has 5 rings (SSSR count). The van der Waals surface area contributed by atoms with E-state index < -0.39 is 28.6 Å². The molecule has 3 aromatic carbocycles. The van der Waals surface area contributed by atoms with Crippen LogP contribution in [0.2, 0.25) is 0 Å². The Bertz CT molecular complexity index is 1500. The SMILES string of the molecule is COC(=O)C1=CC(C#N)(C#N)[C@]2(C(=O)N(Cc3ccccc3)c3ccccc32)[C@@H]1/C=C/c1ccccc1. The predicted octanol–water partition coefficient (Wildman–Crippen LogP) is 4.95. The van der Waals surface area contributed by atoms with Crippen molar-refractivity contribution in [3.63, 3.8) is 0 Å². The minimum absolute atomic E-state index is 0.113. The topological polar surface area (TPSA) is 94.2 Å². The van der Waals surface area contributed by atoms with Crippen LogP contribution < -0.4 is 4.90 Å². The lowest BCUT2D eigenvalue weighted by Crippen LogP contribution is -2.52. The van der Waals surface area contributed by atoms with Crippen molar-refractivity contribution >= 4 is 23.6 Å². The van der Waals surface area contributed by atoms with Gasteiger partial charge in [-0.25, -0.2) is 4.79 Å². The van der Waals surface area contributed by atoms with Crippen molar-refractivity contribution in [2.75, 3.05) is 12.0 Å². The van der Waals surface area contributed by atoms with Crippen LogP contribution in [0.25, 0.3) is 6.08 Å². The summed E-state index contributed by atoms with van der Waals surface area (Å²) in [7, 11) is 1.25. The van der Waals surface area contributed by atoms with Gasteiger partial charge in [0.25, 0.3) is 0 Å². The van der Waals surface area contributed by atoms with Gasteiger partial charge < -0.3 is 9.64 Å². The highest BCUT2D eigenvalue weighted by Gasteiger charge is 2.71. The monoisotopic (exact) mass is 485 g/mol. The van der Waals surface area contributed by atoms with Crippen molar-refractivity contribution in [3.05, 3.63) is 119 Å². The first-order valence-corrected chi connectivity index (χ1v) is 11.8. The highest BCUT2D eigenvalue weighted by atomic mass is 16.5. The molecule has 1 amide bonds. The van der Waals surface area contributed by atoms with Gasteiger partial charge in [-0.05, 0) is 28.8 Å². The summed E-state index contributed by atoms with van der Waals surface area (Å²) in [5, 5.41) is 20.9. The van der Waals surface area contributed by atoms with E-state index in [1.807, 2.05) is 78.9 Å². The Morgan fingerprint density at radius 3 is 2.24 bits per heavy atom. The Morgan fingerprint density at radius 1 is 0.973 bits per heavy atom. The Morgan fingerprint density at radius 2 is 1.59 bits per heavy atom. The molecule has 37 heavy (non-hydrogen) atoms. The van der Waals surface area contributed by atoms with Gasteiger partial charge in [0, 0.05) is 17.2 Å². The van der Waals surface area contributed by atoms with Gasteiger partial charge in [-0.1, -0.05) is 91.0 Å². The molecular formula is C31H23N3O3. The smallest absolute Gasteiger partial charge is 0.334 e. The van der Waals surface area contributed by atoms with Gasteiger partial charge in [0.1, 0.15) is 5.41 Å². The van der Waals surface area contributed by atoms with Crippen LogP contribution in [0.4, 0.5) is 5.69 Å². The van der Waals surface area contributed by atoms with E-state index in [0.717, 1.165) is 11.1 Å². The number of anilines is 1. The molecule has 0 radical (unpaired) electrons. The Balaban J connectivity index is 1.76. The third kappa shape index (κ3) is 3.46. The van der Waals surface area contributed by atoms with Crippen molar-refractivity contribution in [2.45, 2.75) is 12.0 Å². The molecule has 0 N–H and O–H groups in total. The van der Waals surface area contributed by atoms with Gasteiger partial charge in [-0.2, -0.15) is 10.5 Å². The number of nitriles is 2.